The van der Waals surface area contributed by atoms with Crippen molar-refractivity contribution in [3.05, 3.63) is 12.2 Å². The van der Waals surface area contributed by atoms with Gasteiger partial charge in [-0.2, -0.15) is 0 Å². The van der Waals surface area contributed by atoms with Crippen LogP contribution in [0.25, 0.3) is 0 Å². The van der Waals surface area contributed by atoms with E-state index in [1.54, 1.807) is 0 Å². The predicted molar refractivity (Wildman–Crippen MR) is 62.5 cm³/mol. The molecule has 2 aliphatic carbocycles. The summed E-state index contributed by atoms with van der Waals surface area (Å²) in [7, 11) is 0.878. The smallest absolute Gasteiger partial charge is 0.0972 e. The van der Waals surface area contributed by atoms with Crippen LogP contribution in [0.1, 0.15) is 25.7 Å². The Hall–Kier alpha value is 0.537. The number of fused-ring (bicyclic) bond motifs is 2. The first-order chi connectivity index (χ1) is 6.04. The lowest BCUT2D eigenvalue weighted by molar-refractivity contribution is 0.406. The van der Waals surface area contributed by atoms with Crippen LogP contribution in [0.2, 0.25) is 0 Å². The summed E-state index contributed by atoms with van der Waals surface area (Å²) in [4.78, 5) is 0. The van der Waals surface area contributed by atoms with Crippen LogP contribution >= 0.6 is 23.2 Å². The van der Waals surface area contributed by atoms with E-state index in [4.69, 9.17) is 23.2 Å². The lowest BCUT2D eigenvalue weighted by Gasteiger charge is -2.21. The molecule has 0 amide bonds. The molecule has 2 rings (SSSR count). The van der Waals surface area contributed by atoms with Gasteiger partial charge in [0.05, 0.1) is 3.96 Å². The molecule has 0 N–H and O–H groups in total. The summed E-state index contributed by atoms with van der Waals surface area (Å²) >= 11 is 12.0. The average Bonchev–Trinajstić information content (AvgIpc) is 2.58. The van der Waals surface area contributed by atoms with Gasteiger partial charge in [-0.05, 0) is 43.4 Å². The molecule has 0 aliphatic heterocycles. The maximum atomic E-state index is 6.02. The molecule has 0 aromatic rings. The summed E-state index contributed by atoms with van der Waals surface area (Å²) in [5.41, 5.74) is 0. The third-order valence-electron chi connectivity index (χ3n) is 3.37. The molecule has 0 heterocycles. The summed E-state index contributed by atoms with van der Waals surface area (Å²) in [6.07, 6.45) is 9.77. The van der Waals surface area contributed by atoms with E-state index in [1.807, 2.05) is 0 Å². The maximum Gasteiger partial charge on any atom is 0.0972 e. The zero-order valence-corrected chi connectivity index (χ0v) is 11.5. The number of alkyl halides is 2. The SMILES string of the molecule is [SiH3]C(Cl)(Cl)CCC1CC2C=CC1C2. The molecule has 0 nitrogen and oxygen atoms in total. The first-order valence-electron chi connectivity index (χ1n) is 5.11. The van der Waals surface area contributed by atoms with Crippen LogP contribution in [-0.2, 0) is 0 Å². The van der Waals surface area contributed by atoms with E-state index in [9.17, 15) is 0 Å². The highest BCUT2D eigenvalue weighted by molar-refractivity contribution is 6.65. The Morgan fingerprint density at radius 2 is 2.08 bits per heavy atom. The maximum absolute atomic E-state index is 6.02. The number of halogens is 2. The average molecular weight is 235 g/mol. The Kier molecular flexibility index (Phi) is 2.79. The fourth-order valence-corrected chi connectivity index (χ4v) is 3.17. The van der Waals surface area contributed by atoms with Crippen LogP contribution in [0.15, 0.2) is 12.2 Å². The topological polar surface area (TPSA) is 0 Å². The van der Waals surface area contributed by atoms with Crippen molar-refractivity contribution in [2.45, 2.75) is 29.6 Å². The standard InChI is InChI=1S/C10H16Cl2Si/c11-10(12,13)4-3-9-6-7-1-2-8(9)5-7/h1-2,7-9H,3-6H2,13H3. The highest BCUT2D eigenvalue weighted by Gasteiger charge is 2.35. The molecule has 3 heteroatoms. The Morgan fingerprint density at radius 3 is 2.54 bits per heavy atom. The molecule has 1 fully saturated rings. The largest absolute Gasteiger partial charge is 0.107 e. The second-order valence-electron chi connectivity index (χ2n) is 4.65. The van der Waals surface area contributed by atoms with E-state index in [-0.39, 0.29) is 3.96 Å². The first-order valence-corrected chi connectivity index (χ1v) is 6.86. The number of hydrogen-bond acceptors (Lipinski definition) is 0. The van der Waals surface area contributed by atoms with Crippen molar-refractivity contribution < 1.29 is 0 Å². The molecule has 2 aliphatic rings. The molecule has 0 aromatic heterocycles. The van der Waals surface area contributed by atoms with Crippen molar-refractivity contribution in [3.8, 4) is 0 Å². The summed E-state index contributed by atoms with van der Waals surface area (Å²) in [5.74, 6) is 2.60. The van der Waals surface area contributed by atoms with Gasteiger partial charge < -0.3 is 0 Å². The minimum absolute atomic E-state index is 0.383. The summed E-state index contributed by atoms with van der Waals surface area (Å²) in [5, 5.41) is 0. The monoisotopic (exact) mass is 234 g/mol. The van der Waals surface area contributed by atoms with Crippen LogP contribution in [0, 0.1) is 17.8 Å². The zero-order valence-electron chi connectivity index (χ0n) is 7.97. The van der Waals surface area contributed by atoms with Crippen LogP contribution in [-0.4, -0.2) is 14.2 Å². The van der Waals surface area contributed by atoms with Gasteiger partial charge >= 0.3 is 0 Å². The lowest BCUT2D eigenvalue weighted by Crippen LogP contribution is -2.16. The van der Waals surface area contributed by atoms with Gasteiger partial charge in [0.1, 0.15) is 0 Å². The molecular weight excluding hydrogens is 219 g/mol. The van der Waals surface area contributed by atoms with E-state index in [0.29, 0.717) is 0 Å². The fourth-order valence-electron chi connectivity index (χ4n) is 2.67. The Labute approximate surface area is 93.1 Å². The third kappa shape index (κ3) is 2.51. The van der Waals surface area contributed by atoms with Gasteiger partial charge in [0.15, 0.2) is 0 Å². The summed E-state index contributed by atoms with van der Waals surface area (Å²) in [6, 6.07) is 0. The Balaban J connectivity index is 1.81. The molecule has 74 valence electrons. The Bertz CT molecular complexity index is 219. The van der Waals surface area contributed by atoms with Crippen molar-refractivity contribution in [1.82, 2.24) is 0 Å². The molecule has 3 atom stereocenters. The first kappa shape index (κ1) is 10.1. The second kappa shape index (κ2) is 3.60. The van der Waals surface area contributed by atoms with E-state index >= 15 is 0 Å². The van der Waals surface area contributed by atoms with Gasteiger partial charge in [-0.1, -0.05) is 12.2 Å². The van der Waals surface area contributed by atoms with Gasteiger partial charge in [0, 0.05) is 10.2 Å². The highest BCUT2D eigenvalue weighted by Crippen LogP contribution is 2.46. The third-order valence-corrected chi connectivity index (χ3v) is 4.25. The van der Waals surface area contributed by atoms with Crippen molar-refractivity contribution in [1.29, 1.82) is 0 Å². The van der Waals surface area contributed by atoms with Crippen LogP contribution in [0.5, 0.6) is 0 Å². The van der Waals surface area contributed by atoms with Gasteiger partial charge in [0.25, 0.3) is 0 Å². The molecule has 13 heavy (non-hydrogen) atoms. The normalized spacial score (nSPS) is 37.5. The Morgan fingerprint density at radius 1 is 1.31 bits per heavy atom. The minimum Gasteiger partial charge on any atom is -0.107 e. The van der Waals surface area contributed by atoms with Crippen molar-refractivity contribution in [2.75, 3.05) is 0 Å². The van der Waals surface area contributed by atoms with Gasteiger partial charge in [-0.15, -0.1) is 23.2 Å². The van der Waals surface area contributed by atoms with E-state index in [1.165, 1.54) is 19.3 Å². The van der Waals surface area contributed by atoms with Crippen LogP contribution < -0.4 is 0 Å². The van der Waals surface area contributed by atoms with E-state index in [0.717, 1.165) is 34.4 Å². The lowest BCUT2D eigenvalue weighted by atomic mass is 9.90. The number of allylic oxidation sites excluding steroid dienone is 2. The summed E-state index contributed by atoms with van der Waals surface area (Å²) in [6.45, 7) is 0. The van der Waals surface area contributed by atoms with E-state index < -0.39 is 0 Å². The van der Waals surface area contributed by atoms with Crippen LogP contribution in [0.3, 0.4) is 0 Å². The van der Waals surface area contributed by atoms with Crippen molar-refractivity contribution >= 4 is 33.4 Å². The van der Waals surface area contributed by atoms with Crippen LogP contribution in [0.4, 0.5) is 0 Å². The van der Waals surface area contributed by atoms with Gasteiger partial charge in [-0.25, -0.2) is 0 Å². The highest BCUT2D eigenvalue weighted by atomic mass is 35.5. The molecule has 0 aromatic carbocycles. The molecule has 3 unspecified atom stereocenters. The summed E-state index contributed by atoms with van der Waals surface area (Å²) < 4.78 is -0.383. The fraction of sp³-hybridized carbons (Fsp3) is 0.800. The van der Waals surface area contributed by atoms with Crippen molar-refractivity contribution in [2.24, 2.45) is 17.8 Å². The molecular formula is C10H16Cl2Si. The second-order valence-corrected chi connectivity index (χ2v) is 9.49. The van der Waals surface area contributed by atoms with Crippen molar-refractivity contribution in [3.63, 3.8) is 0 Å². The molecule has 0 spiro atoms. The number of rotatable bonds is 3. The molecule has 2 bridgehead atoms. The van der Waals surface area contributed by atoms with Gasteiger partial charge in [0.2, 0.25) is 0 Å². The minimum atomic E-state index is -0.383. The quantitative estimate of drug-likeness (QED) is 0.400. The van der Waals surface area contributed by atoms with E-state index in [2.05, 4.69) is 12.2 Å². The molecule has 0 radical (unpaired) electrons. The predicted octanol–water partition coefficient (Wildman–Crippen LogP) is 2.48. The zero-order chi connectivity index (χ0) is 9.47. The van der Waals surface area contributed by atoms with Gasteiger partial charge in [-0.3, -0.25) is 0 Å². The molecule has 1 saturated carbocycles. The molecule has 0 saturated heterocycles. The number of hydrogen-bond donors (Lipinski definition) is 0.